The molecule has 0 saturated carbocycles. The second-order valence-electron chi connectivity index (χ2n) is 4.62. The van der Waals surface area contributed by atoms with E-state index < -0.39 is 13.0 Å². The summed E-state index contributed by atoms with van der Waals surface area (Å²) in [7, 11) is 0. The van der Waals surface area contributed by atoms with E-state index in [-0.39, 0.29) is 24.0 Å². The Morgan fingerprint density at radius 1 is 1.36 bits per heavy atom. The lowest BCUT2D eigenvalue weighted by atomic mass is 10.2. The minimum absolute atomic E-state index is 0. The normalized spacial score (nSPS) is 15.6. The molecule has 1 heterocycles. The van der Waals surface area contributed by atoms with Crippen molar-refractivity contribution >= 4 is 41.7 Å². The maximum atomic E-state index is 12.1. The summed E-state index contributed by atoms with van der Waals surface area (Å²) in [5.74, 6) is 3.09. The van der Waals surface area contributed by atoms with Crippen molar-refractivity contribution in [2.45, 2.75) is 13.0 Å². The summed E-state index contributed by atoms with van der Waals surface area (Å²) in [6.45, 7) is 1.65. The molecule has 0 aromatic heterocycles. The van der Waals surface area contributed by atoms with E-state index in [0.29, 0.717) is 18.3 Å². The number of alkyl halides is 2. The van der Waals surface area contributed by atoms with Gasteiger partial charge in [0.1, 0.15) is 12.4 Å². The number of thioether (sulfide) groups is 1. The highest BCUT2D eigenvalue weighted by Gasteiger charge is 2.12. The highest BCUT2D eigenvalue weighted by Crippen LogP contribution is 2.15. The van der Waals surface area contributed by atoms with Crippen molar-refractivity contribution in [2.75, 3.05) is 31.2 Å². The second kappa shape index (κ2) is 10.1. The molecule has 1 aromatic carbocycles. The Balaban J connectivity index is 0.00000242. The number of halogens is 3. The van der Waals surface area contributed by atoms with Crippen molar-refractivity contribution < 1.29 is 13.5 Å². The molecule has 1 aliphatic heterocycles. The van der Waals surface area contributed by atoms with E-state index in [1.54, 1.807) is 18.2 Å². The van der Waals surface area contributed by atoms with Gasteiger partial charge in [0.2, 0.25) is 0 Å². The Labute approximate surface area is 150 Å². The fraction of sp³-hybridized carbons (Fsp3) is 0.500. The van der Waals surface area contributed by atoms with Gasteiger partial charge >= 0.3 is 0 Å². The molecule has 0 amide bonds. The van der Waals surface area contributed by atoms with Crippen LogP contribution in [0.25, 0.3) is 0 Å². The fourth-order valence-electron chi connectivity index (χ4n) is 1.96. The zero-order valence-corrected chi connectivity index (χ0v) is 15.2. The molecule has 1 saturated heterocycles. The smallest absolute Gasteiger partial charge is 0.272 e. The van der Waals surface area contributed by atoms with Crippen molar-refractivity contribution in [3.05, 3.63) is 29.8 Å². The first-order chi connectivity index (χ1) is 10.1. The van der Waals surface area contributed by atoms with Crippen molar-refractivity contribution in [3.8, 4) is 5.75 Å². The van der Waals surface area contributed by atoms with Gasteiger partial charge in [0.15, 0.2) is 5.96 Å². The zero-order valence-electron chi connectivity index (χ0n) is 12.1. The van der Waals surface area contributed by atoms with Gasteiger partial charge in [-0.25, -0.2) is 13.8 Å². The van der Waals surface area contributed by atoms with E-state index in [4.69, 9.17) is 10.5 Å². The van der Waals surface area contributed by atoms with Crippen molar-refractivity contribution in [3.63, 3.8) is 0 Å². The Kier molecular flexibility index (Phi) is 8.84. The maximum Gasteiger partial charge on any atom is 0.272 e. The van der Waals surface area contributed by atoms with Gasteiger partial charge in [-0.15, -0.1) is 24.0 Å². The van der Waals surface area contributed by atoms with Gasteiger partial charge in [-0.2, -0.15) is 11.8 Å². The number of ether oxygens (including phenoxy) is 1. The van der Waals surface area contributed by atoms with Crippen LogP contribution in [0.5, 0.6) is 5.75 Å². The molecule has 1 fully saturated rings. The number of rotatable bonds is 5. The van der Waals surface area contributed by atoms with Crippen LogP contribution in [-0.4, -0.2) is 48.5 Å². The molecule has 1 aromatic rings. The number of nitrogens with zero attached hydrogens (tertiary/aromatic N) is 2. The number of benzene rings is 1. The Morgan fingerprint density at radius 2 is 2.09 bits per heavy atom. The molecule has 124 valence electrons. The molecule has 0 radical (unpaired) electrons. The summed E-state index contributed by atoms with van der Waals surface area (Å²) >= 11 is 1.91. The van der Waals surface area contributed by atoms with E-state index in [2.05, 4.69) is 9.89 Å². The number of guanidine groups is 1. The van der Waals surface area contributed by atoms with E-state index >= 15 is 0 Å². The first-order valence-corrected chi connectivity index (χ1v) is 7.93. The molecule has 22 heavy (non-hydrogen) atoms. The molecule has 1 aliphatic rings. The molecule has 4 nitrogen and oxygen atoms in total. The Bertz CT molecular complexity index is 485. The van der Waals surface area contributed by atoms with E-state index in [0.717, 1.165) is 30.2 Å². The number of nitrogens with two attached hydrogens (primary N) is 1. The summed E-state index contributed by atoms with van der Waals surface area (Å²) in [6, 6.07) is 7.00. The highest BCUT2D eigenvalue weighted by molar-refractivity contribution is 14.0. The van der Waals surface area contributed by atoms with Crippen LogP contribution in [0.15, 0.2) is 29.3 Å². The SMILES string of the molecule is I.NC(=NCc1cccc(OCC(F)F)c1)N1CCSCC1. The minimum atomic E-state index is -2.47. The Morgan fingerprint density at radius 3 is 2.77 bits per heavy atom. The van der Waals surface area contributed by atoms with Crippen LogP contribution >= 0.6 is 35.7 Å². The molecular formula is C14H20F2IN3OS. The third-order valence-corrected chi connectivity index (χ3v) is 3.98. The summed E-state index contributed by atoms with van der Waals surface area (Å²) in [6.07, 6.45) is -2.47. The van der Waals surface area contributed by atoms with E-state index in [1.807, 2.05) is 17.8 Å². The van der Waals surface area contributed by atoms with Gasteiger partial charge in [-0.05, 0) is 17.7 Å². The molecule has 2 rings (SSSR count). The molecule has 0 unspecified atom stereocenters. The van der Waals surface area contributed by atoms with E-state index in [9.17, 15) is 8.78 Å². The predicted octanol–water partition coefficient (Wildman–Crippen LogP) is 2.81. The van der Waals surface area contributed by atoms with Crippen molar-refractivity contribution in [2.24, 2.45) is 10.7 Å². The summed E-state index contributed by atoms with van der Waals surface area (Å²) in [5, 5.41) is 0. The lowest BCUT2D eigenvalue weighted by molar-refractivity contribution is 0.0818. The van der Waals surface area contributed by atoms with Gasteiger partial charge in [0.25, 0.3) is 6.43 Å². The van der Waals surface area contributed by atoms with Crippen LogP contribution < -0.4 is 10.5 Å². The third-order valence-electron chi connectivity index (χ3n) is 3.03. The largest absolute Gasteiger partial charge is 0.488 e. The average molecular weight is 443 g/mol. The van der Waals surface area contributed by atoms with Gasteiger partial charge < -0.3 is 15.4 Å². The minimum Gasteiger partial charge on any atom is -0.488 e. The van der Waals surface area contributed by atoms with Crippen molar-refractivity contribution in [1.29, 1.82) is 0 Å². The first-order valence-electron chi connectivity index (χ1n) is 6.77. The van der Waals surface area contributed by atoms with Crippen LogP contribution in [-0.2, 0) is 6.54 Å². The average Bonchev–Trinajstić information content (AvgIpc) is 2.52. The molecular weight excluding hydrogens is 423 g/mol. The van der Waals surface area contributed by atoms with Crippen LogP contribution in [0, 0.1) is 0 Å². The summed E-state index contributed by atoms with van der Waals surface area (Å²) in [4.78, 5) is 6.42. The monoisotopic (exact) mass is 443 g/mol. The standard InChI is InChI=1S/C14H19F2N3OS.HI/c15-13(16)10-20-12-3-1-2-11(8-12)9-18-14(17)19-4-6-21-7-5-19;/h1-3,8,13H,4-7,9-10H2,(H2,17,18);1H. The van der Waals surface area contributed by atoms with Crippen LogP contribution in [0.2, 0.25) is 0 Å². The molecule has 0 atom stereocenters. The number of aliphatic imine (C=N–C) groups is 1. The van der Waals surface area contributed by atoms with Crippen LogP contribution in [0.3, 0.4) is 0 Å². The first kappa shape index (κ1) is 19.3. The highest BCUT2D eigenvalue weighted by atomic mass is 127. The maximum absolute atomic E-state index is 12.1. The predicted molar refractivity (Wildman–Crippen MR) is 97.6 cm³/mol. The third kappa shape index (κ3) is 6.55. The second-order valence-corrected chi connectivity index (χ2v) is 5.85. The molecule has 0 bridgehead atoms. The number of hydrogen-bond donors (Lipinski definition) is 1. The van der Waals surface area contributed by atoms with E-state index in [1.165, 1.54) is 0 Å². The molecule has 0 aliphatic carbocycles. The lowest BCUT2D eigenvalue weighted by Crippen LogP contribution is -2.42. The van der Waals surface area contributed by atoms with Gasteiger partial charge in [0.05, 0.1) is 6.54 Å². The fourth-order valence-corrected chi connectivity index (χ4v) is 2.86. The molecule has 8 heteroatoms. The lowest BCUT2D eigenvalue weighted by Gasteiger charge is -2.27. The van der Waals surface area contributed by atoms with Crippen LogP contribution in [0.4, 0.5) is 8.78 Å². The molecule has 2 N–H and O–H groups in total. The molecule has 0 spiro atoms. The van der Waals surface area contributed by atoms with Gasteiger partial charge in [-0.3, -0.25) is 0 Å². The Hall–Kier alpha value is -0.770. The topological polar surface area (TPSA) is 50.9 Å². The zero-order chi connectivity index (χ0) is 15.1. The number of hydrogen-bond acceptors (Lipinski definition) is 3. The van der Waals surface area contributed by atoms with Crippen molar-refractivity contribution in [1.82, 2.24) is 4.90 Å². The van der Waals surface area contributed by atoms with Crippen LogP contribution in [0.1, 0.15) is 5.56 Å². The quantitative estimate of drug-likeness (QED) is 0.432. The van der Waals surface area contributed by atoms with Gasteiger partial charge in [0, 0.05) is 24.6 Å². The summed E-state index contributed by atoms with van der Waals surface area (Å²) < 4.78 is 29.2. The van der Waals surface area contributed by atoms with Gasteiger partial charge in [-0.1, -0.05) is 12.1 Å². The summed E-state index contributed by atoms with van der Waals surface area (Å²) in [5.41, 5.74) is 6.85.